The molecule has 2 heterocycles. The molecular formula is C13H22N4O3S2. The molecule has 1 unspecified atom stereocenters. The van der Waals surface area contributed by atoms with Crippen molar-refractivity contribution in [1.29, 1.82) is 0 Å². The molecule has 0 aliphatic carbocycles. The molecule has 0 spiro atoms. The molecule has 1 aromatic heterocycles. The fraction of sp³-hybridized carbons (Fsp3) is 0.615. The Labute approximate surface area is 135 Å². The minimum atomic E-state index is -3.51. The average molecular weight is 346 g/mol. The number of hydrogen-bond acceptors (Lipinski definition) is 5. The smallest absolute Gasteiger partial charge is 0.267 e. The van der Waals surface area contributed by atoms with Gasteiger partial charge in [0.1, 0.15) is 10.6 Å². The Morgan fingerprint density at radius 3 is 2.77 bits per heavy atom. The zero-order valence-electron chi connectivity index (χ0n) is 12.8. The van der Waals surface area contributed by atoms with E-state index in [0.29, 0.717) is 19.6 Å². The Bertz CT molecular complexity index is 609. The van der Waals surface area contributed by atoms with E-state index < -0.39 is 10.0 Å². The maximum absolute atomic E-state index is 12.5. The molecule has 0 saturated carbocycles. The van der Waals surface area contributed by atoms with E-state index in [-0.39, 0.29) is 22.5 Å². The highest BCUT2D eigenvalue weighted by molar-refractivity contribution is 7.99. The lowest BCUT2D eigenvalue weighted by Gasteiger charge is -2.24. The number of hydrogen-bond donors (Lipinski definition) is 3. The normalized spacial score (nSPS) is 18.1. The molecule has 0 aromatic carbocycles. The van der Waals surface area contributed by atoms with Crippen LogP contribution >= 0.6 is 11.8 Å². The van der Waals surface area contributed by atoms with Gasteiger partial charge in [0.25, 0.3) is 5.91 Å². The van der Waals surface area contributed by atoms with Gasteiger partial charge in [-0.3, -0.25) is 4.79 Å². The van der Waals surface area contributed by atoms with Crippen LogP contribution in [-0.4, -0.2) is 67.8 Å². The van der Waals surface area contributed by atoms with E-state index in [1.807, 2.05) is 14.0 Å². The lowest BCUT2D eigenvalue weighted by molar-refractivity contribution is 0.0946. The van der Waals surface area contributed by atoms with E-state index in [9.17, 15) is 13.2 Å². The number of aromatic amines is 1. The van der Waals surface area contributed by atoms with Gasteiger partial charge in [-0.2, -0.15) is 16.1 Å². The highest BCUT2D eigenvalue weighted by Crippen LogP contribution is 2.20. The lowest BCUT2D eigenvalue weighted by Crippen LogP contribution is -2.38. The average Bonchev–Trinajstić information content (AvgIpc) is 3.04. The van der Waals surface area contributed by atoms with Crippen LogP contribution in [0.2, 0.25) is 0 Å². The predicted molar refractivity (Wildman–Crippen MR) is 87.7 cm³/mol. The number of carbonyl (C=O) groups excluding carboxylic acids is 1. The van der Waals surface area contributed by atoms with E-state index in [1.54, 1.807) is 11.8 Å². The van der Waals surface area contributed by atoms with E-state index >= 15 is 0 Å². The van der Waals surface area contributed by atoms with Crippen LogP contribution in [-0.2, 0) is 10.0 Å². The van der Waals surface area contributed by atoms with E-state index in [4.69, 9.17) is 0 Å². The minimum Gasteiger partial charge on any atom is -0.356 e. The molecule has 1 atom stereocenters. The number of H-pyrrole nitrogens is 1. The SMILES string of the molecule is CNC(C)CNC(=O)c1cc(S(=O)(=O)N2CCSCC2)c[nH]1. The number of thioether (sulfide) groups is 1. The molecule has 1 fully saturated rings. The largest absolute Gasteiger partial charge is 0.356 e. The highest BCUT2D eigenvalue weighted by atomic mass is 32.2. The second-order valence-electron chi connectivity index (χ2n) is 5.17. The van der Waals surface area contributed by atoms with Crippen molar-refractivity contribution in [2.24, 2.45) is 0 Å². The number of nitrogens with one attached hydrogen (secondary N) is 3. The first-order valence-corrected chi connectivity index (χ1v) is 9.76. The topological polar surface area (TPSA) is 94.3 Å². The first-order valence-electron chi connectivity index (χ1n) is 7.17. The third kappa shape index (κ3) is 4.03. The van der Waals surface area contributed by atoms with Crippen LogP contribution in [0, 0.1) is 0 Å². The standard InChI is InChI=1S/C13H22N4O3S2/c1-10(14-2)8-16-13(18)12-7-11(9-15-12)22(19,20)17-3-5-21-6-4-17/h7,9-10,14-15H,3-6,8H2,1-2H3,(H,16,18). The molecule has 0 radical (unpaired) electrons. The van der Waals surface area contributed by atoms with Gasteiger partial charge in [0, 0.05) is 43.4 Å². The maximum atomic E-state index is 12.5. The first-order chi connectivity index (χ1) is 10.4. The summed E-state index contributed by atoms with van der Waals surface area (Å²) in [4.78, 5) is 14.9. The van der Waals surface area contributed by atoms with Crippen LogP contribution in [0.3, 0.4) is 0 Å². The van der Waals surface area contributed by atoms with Crippen molar-refractivity contribution in [3.63, 3.8) is 0 Å². The van der Waals surface area contributed by atoms with Gasteiger partial charge in [-0.15, -0.1) is 0 Å². The number of amides is 1. The molecule has 22 heavy (non-hydrogen) atoms. The van der Waals surface area contributed by atoms with Gasteiger partial charge in [-0.25, -0.2) is 8.42 Å². The Kier molecular flexibility index (Phi) is 5.90. The van der Waals surface area contributed by atoms with E-state index in [2.05, 4.69) is 15.6 Å². The number of aromatic nitrogens is 1. The molecule has 1 aliphatic rings. The van der Waals surface area contributed by atoms with Crippen molar-refractivity contribution in [2.75, 3.05) is 38.2 Å². The zero-order valence-corrected chi connectivity index (χ0v) is 14.4. The summed E-state index contributed by atoms with van der Waals surface area (Å²) in [5.41, 5.74) is 0.258. The second kappa shape index (κ2) is 7.49. The Morgan fingerprint density at radius 2 is 2.14 bits per heavy atom. The number of rotatable bonds is 6. The van der Waals surface area contributed by atoms with Crippen LogP contribution in [0.4, 0.5) is 0 Å². The monoisotopic (exact) mass is 346 g/mol. The van der Waals surface area contributed by atoms with E-state index in [1.165, 1.54) is 16.6 Å². The molecule has 3 N–H and O–H groups in total. The fourth-order valence-electron chi connectivity index (χ4n) is 2.03. The Hall–Kier alpha value is -1.03. The second-order valence-corrected chi connectivity index (χ2v) is 8.33. The molecule has 9 heteroatoms. The third-order valence-electron chi connectivity index (χ3n) is 3.57. The van der Waals surface area contributed by atoms with Gasteiger partial charge in [0.15, 0.2) is 0 Å². The van der Waals surface area contributed by atoms with Gasteiger partial charge >= 0.3 is 0 Å². The molecule has 1 amide bonds. The lowest BCUT2D eigenvalue weighted by atomic mass is 10.3. The van der Waals surface area contributed by atoms with Gasteiger partial charge in [-0.1, -0.05) is 0 Å². The Morgan fingerprint density at radius 1 is 1.45 bits per heavy atom. The highest BCUT2D eigenvalue weighted by Gasteiger charge is 2.27. The van der Waals surface area contributed by atoms with Crippen LogP contribution < -0.4 is 10.6 Å². The Balaban J connectivity index is 2.05. The number of nitrogens with zero attached hydrogens (tertiary/aromatic N) is 1. The molecule has 7 nitrogen and oxygen atoms in total. The van der Waals surface area contributed by atoms with Gasteiger partial charge in [0.2, 0.25) is 10.0 Å². The van der Waals surface area contributed by atoms with Gasteiger partial charge < -0.3 is 15.6 Å². The molecule has 124 valence electrons. The van der Waals surface area contributed by atoms with Crippen LogP contribution in [0.15, 0.2) is 17.2 Å². The summed E-state index contributed by atoms with van der Waals surface area (Å²) in [6.07, 6.45) is 1.38. The summed E-state index contributed by atoms with van der Waals surface area (Å²) in [5.74, 6) is 1.30. The van der Waals surface area contributed by atoms with Crippen molar-refractivity contribution >= 4 is 27.7 Å². The van der Waals surface area contributed by atoms with Crippen molar-refractivity contribution in [3.8, 4) is 0 Å². The molecule has 1 aromatic rings. The summed E-state index contributed by atoms with van der Waals surface area (Å²) in [5, 5.41) is 5.76. The van der Waals surface area contributed by atoms with Crippen molar-refractivity contribution < 1.29 is 13.2 Å². The number of carbonyl (C=O) groups is 1. The minimum absolute atomic E-state index is 0.145. The fourth-order valence-corrected chi connectivity index (χ4v) is 4.60. The van der Waals surface area contributed by atoms with Crippen molar-refractivity contribution in [3.05, 3.63) is 18.0 Å². The summed E-state index contributed by atoms with van der Waals surface area (Å²) < 4.78 is 26.5. The van der Waals surface area contributed by atoms with Gasteiger partial charge in [-0.05, 0) is 20.0 Å². The maximum Gasteiger partial charge on any atom is 0.267 e. The zero-order chi connectivity index (χ0) is 16.2. The van der Waals surface area contributed by atoms with E-state index in [0.717, 1.165) is 11.5 Å². The van der Waals surface area contributed by atoms with Crippen LogP contribution in [0.25, 0.3) is 0 Å². The predicted octanol–water partition coefficient (Wildman–Crippen LogP) is 0.0899. The molecular weight excluding hydrogens is 324 g/mol. The first kappa shape index (κ1) is 17.3. The summed E-state index contributed by atoms with van der Waals surface area (Å²) in [6, 6.07) is 1.55. The summed E-state index contributed by atoms with van der Waals surface area (Å²) >= 11 is 1.75. The molecule has 1 saturated heterocycles. The molecule has 0 bridgehead atoms. The third-order valence-corrected chi connectivity index (χ3v) is 6.39. The van der Waals surface area contributed by atoms with Crippen LogP contribution in [0.1, 0.15) is 17.4 Å². The molecule has 2 rings (SSSR count). The summed E-state index contributed by atoms with van der Waals surface area (Å²) in [6.45, 7) is 3.44. The van der Waals surface area contributed by atoms with Gasteiger partial charge in [0.05, 0.1) is 0 Å². The molecule has 1 aliphatic heterocycles. The number of likely N-dealkylation sites (N-methyl/N-ethyl adjacent to an activating group) is 1. The van der Waals surface area contributed by atoms with Crippen LogP contribution in [0.5, 0.6) is 0 Å². The number of sulfonamides is 1. The van der Waals surface area contributed by atoms with Crippen molar-refractivity contribution in [2.45, 2.75) is 17.9 Å². The quantitative estimate of drug-likeness (QED) is 0.679. The summed E-state index contributed by atoms with van der Waals surface area (Å²) in [7, 11) is -1.70. The van der Waals surface area contributed by atoms with Crippen molar-refractivity contribution in [1.82, 2.24) is 19.9 Å².